The van der Waals surface area contributed by atoms with Crippen LogP contribution in [0, 0.1) is 6.92 Å². The summed E-state index contributed by atoms with van der Waals surface area (Å²) in [6, 6.07) is 23.3. The number of amides is 1. The third-order valence-electron chi connectivity index (χ3n) is 4.68. The van der Waals surface area contributed by atoms with Gasteiger partial charge in [-0.1, -0.05) is 59.4 Å². The summed E-state index contributed by atoms with van der Waals surface area (Å²) in [7, 11) is 1.63. The Kier molecular flexibility index (Phi) is 5.95. The van der Waals surface area contributed by atoms with E-state index in [-0.39, 0.29) is 12.5 Å². The van der Waals surface area contributed by atoms with Crippen LogP contribution in [0.5, 0.6) is 11.5 Å². The van der Waals surface area contributed by atoms with Crippen LogP contribution in [0.1, 0.15) is 11.1 Å². The van der Waals surface area contributed by atoms with Gasteiger partial charge >= 0.3 is 0 Å². The summed E-state index contributed by atoms with van der Waals surface area (Å²) < 4.78 is 12.0. The monoisotopic (exact) mass is 418 g/mol. The highest BCUT2D eigenvalue weighted by Gasteiger charge is 2.21. The van der Waals surface area contributed by atoms with Crippen LogP contribution in [0.15, 0.2) is 72.8 Å². The number of ether oxygens (including phenoxy) is 2. The lowest BCUT2D eigenvalue weighted by Crippen LogP contribution is -2.34. The quantitative estimate of drug-likeness (QED) is 0.413. The van der Waals surface area contributed by atoms with E-state index in [1.54, 1.807) is 12.0 Å². The number of methoxy groups -OCH3 is 1. The minimum Gasteiger partial charge on any atom is -0.497 e. The van der Waals surface area contributed by atoms with Gasteiger partial charge in [-0.2, -0.15) is 0 Å². The van der Waals surface area contributed by atoms with Crippen molar-refractivity contribution in [2.45, 2.75) is 13.5 Å². The smallest absolute Gasteiger partial charge is 0.267 e. The summed E-state index contributed by atoms with van der Waals surface area (Å²) in [4.78, 5) is 19.5. The van der Waals surface area contributed by atoms with E-state index < -0.39 is 0 Å². The molecule has 1 aromatic heterocycles. The van der Waals surface area contributed by atoms with Crippen LogP contribution < -0.4 is 14.4 Å². The molecule has 0 unspecified atom stereocenters. The summed E-state index contributed by atoms with van der Waals surface area (Å²) in [5.74, 6) is 1.26. The molecule has 0 aliphatic rings. The molecular weight excluding hydrogens is 396 g/mol. The second-order valence-electron chi connectivity index (χ2n) is 6.90. The zero-order valence-electron chi connectivity index (χ0n) is 16.9. The van der Waals surface area contributed by atoms with E-state index in [9.17, 15) is 4.79 Å². The Morgan fingerprint density at radius 2 is 1.73 bits per heavy atom. The number of carbonyl (C=O) groups excluding carboxylic acids is 1. The van der Waals surface area contributed by atoms with Gasteiger partial charge in [-0.25, -0.2) is 4.98 Å². The lowest BCUT2D eigenvalue weighted by molar-refractivity contribution is -0.120. The number of hydrogen-bond acceptors (Lipinski definition) is 5. The molecule has 0 atom stereocenters. The van der Waals surface area contributed by atoms with Gasteiger partial charge in [0.05, 0.1) is 23.9 Å². The Bertz CT molecular complexity index is 1140. The summed E-state index contributed by atoms with van der Waals surface area (Å²) >= 11 is 1.48. The van der Waals surface area contributed by atoms with Crippen molar-refractivity contribution in [1.29, 1.82) is 0 Å². The SMILES string of the molecule is COc1ccc2sc(N(Cc3ccccc3)C(=O)COc3ccc(C)cc3)nc2c1. The van der Waals surface area contributed by atoms with Crippen molar-refractivity contribution in [2.24, 2.45) is 0 Å². The van der Waals surface area contributed by atoms with Crippen molar-refractivity contribution >= 4 is 32.6 Å². The molecule has 0 saturated heterocycles. The minimum absolute atomic E-state index is 0.0604. The Morgan fingerprint density at radius 1 is 1.00 bits per heavy atom. The fourth-order valence-electron chi connectivity index (χ4n) is 3.02. The molecule has 5 nitrogen and oxygen atoms in total. The first-order valence-corrected chi connectivity index (χ1v) is 10.4. The first-order valence-electron chi connectivity index (χ1n) is 9.61. The largest absolute Gasteiger partial charge is 0.497 e. The maximum Gasteiger partial charge on any atom is 0.267 e. The molecule has 0 radical (unpaired) electrons. The van der Waals surface area contributed by atoms with E-state index in [1.165, 1.54) is 11.3 Å². The molecule has 1 heterocycles. The molecular formula is C24H22N2O3S. The van der Waals surface area contributed by atoms with Crippen LogP contribution in [0.2, 0.25) is 0 Å². The van der Waals surface area contributed by atoms with Crippen molar-refractivity contribution in [1.82, 2.24) is 4.98 Å². The molecule has 4 rings (SSSR count). The van der Waals surface area contributed by atoms with Gasteiger partial charge in [-0.05, 0) is 36.8 Å². The van der Waals surface area contributed by atoms with Gasteiger partial charge in [0.1, 0.15) is 11.5 Å². The molecule has 0 aliphatic heterocycles. The zero-order valence-corrected chi connectivity index (χ0v) is 17.7. The third kappa shape index (κ3) is 4.60. The number of aromatic nitrogens is 1. The van der Waals surface area contributed by atoms with Gasteiger partial charge in [0.25, 0.3) is 5.91 Å². The van der Waals surface area contributed by atoms with Crippen molar-refractivity contribution in [3.8, 4) is 11.5 Å². The Morgan fingerprint density at radius 3 is 2.47 bits per heavy atom. The second kappa shape index (κ2) is 8.97. The second-order valence-corrected chi connectivity index (χ2v) is 7.91. The normalized spacial score (nSPS) is 10.7. The van der Waals surface area contributed by atoms with Crippen molar-refractivity contribution in [2.75, 3.05) is 18.6 Å². The summed E-state index contributed by atoms with van der Waals surface area (Å²) in [6.45, 7) is 2.38. The molecule has 6 heteroatoms. The van der Waals surface area contributed by atoms with Crippen LogP contribution in [-0.2, 0) is 11.3 Å². The van der Waals surface area contributed by atoms with Crippen LogP contribution in [0.3, 0.4) is 0 Å². The summed E-state index contributed by atoms with van der Waals surface area (Å²) in [6.07, 6.45) is 0. The highest BCUT2D eigenvalue weighted by atomic mass is 32.1. The Hall–Kier alpha value is -3.38. The Labute approximate surface area is 179 Å². The molecule has 0 spiro atoms. The van der Waals surface area contributed by atoms with E-state index in [2.05, 4.69) is 0 Å². The van der Waals surface area contributed by atoms with Crippen molar-refractivity contribution in [3.63, 3.8) is 0 Å². The first-order chi connectivity index (χ1) is 14.6. The molecule has 3 aromatic carbocycles. The van der Waals surface area contributed by atoms with Crippen molar-refractivity contribution < 1.29 is 14.3 Å². The lowest BCUT2D eigenvalue weighted by atomic mass is 10.2. The number of hydrogen-bond donors (Lipinski definition) is 0. The van der Waals surface area contributed by atoms with Gasteiger partial charge < -0.3 is 9.47 Å². The number of anilines is 1. The highest BCUT2D eigenvalue weighted by Crippen LogP contribution is 2.32. The summed E-state index contributed by atoms with van der Waals surface area (Å²) in [5, 5.41) is 0.639. The number of rotatable bonds is 7. The van der Waals surface area contributed by atoms with Gasteiger partial charge in [0.15, 0.2) is 11.7 Å². The van der Waals surface area contributed by atoms with Crippen LogP contribution >= 0.6 is 11.3 Å². The van der Waals surface area contributed by atoms with Crippen LogP contribution in [0.4, 0.5) is 5.13 Å². The fourth-order valence-corrected chi connectivity index (χ4v) is 3.99. The van der Waals surface area contributed by atoms with Gasteiger partial charge in [-0.15, -0.1) is 0 Å². The van der Waals surface area contributed by atoms with Crippen LogP contribution in [-0.4, -0.2) is 24.6 Å². The molecule has 152 valence electrons. The van der Waals surface area contributed by atoms with Crippen molar-refractivity contribution in [3.05, 3.63) is 83.9 Å². The number of fused-ring (bicyclic) bond motifs is 1. The molecule has 0 aliphatic carbocycles. The maximum atomic E-state index is 13.1. The number of aryl methyl sites for hydroxylation is 1. The summed E-state index contributed by atoms with van der Waals surface area (Å²) in [5.41, 5.74) is 2.97. The van der Waals surface area contributed by atoms with E-state index in [1.807, 2.05) is 79.7 Å². The average molecular weight is 419 g/mol. The zero-order chi connectivity index (χ0) is 20.9. The molecule has 4 aromatic rings. The molecule has 30 heavy (non-hydrogen) atoms. The van der Waals surface area contributed by atoms with Gasteiger partial charge in [0, 0.05) is 6.07 Å². The van der Waals surface area contributed by atoms with E-state index in [4.69, 9.17) is 14.5 Å². The standard InChI is InChI=1S/C24H22N2O3S/c1-17-8-10-19(11-9-17)29-16-23(27)26(15-18-6-4-3-5-7-18)24-25-21-14-20(28-2)12-13-22(21)30-24/h3-14H,15-16H2,1-2H3. The van der Waals surface area contributed by atoms with Gasteiger partial charge in [-0.3, -0.25) is 9.69 Å². The predicted molar refractivity (Wildman–Crippen MR) is 120 cm³/mol. The third-order valence-corrected chi connectivity index (χ3v) is 5.74. The maximum absolute atomic E-state index is 13.1. The number of carbonyl (C=O) groups is 1. The average Bonchev–Trinajstić information content (AvgIpc) is 3.20. The minimum atomic E-state index is -0.148. The number of benzene rings is 3. The lowest BCUT2D eigenvalue weighted by Gasteiger charge is -2.20. The topological polar surface area (TPSA) is 51.7 Å². The van der Waals surface area contributed by atoms with E-state index in [0.29, 0.717) is 17.4 Å². The fraction of sp³-hybridized carbons (Fsp3) is 0.167. The Balaban J connectivity index is 1.60. The number of nitrogens with zero attached hydrogens (tertiary/aromatic N) is 2. The first kappa shape index (κ1) is 19.9. The molecule has 0 saturated carbocycles. The molecule has 1 amide bonds. The highest BCUT2D eigenvalue weighted by molar-refractivity contribution is 7.22. The van der Waals surface area contributed by atoms with E-state index in [0.717, 1.165) is 27.1 Å². The number of thiazole rings is 1. The molecule has 0 N–H and O–H groups in total. The van der Waals surface area contributed by atoms with Crippen LogP contribution in [0.25, 0.3) is 10.2 Å². The predicted octanol–water partition coefficient (Wildman–Crippen LogP) is 5.23. The molecule has 0 fully saturated rings. The van der Waals surface area contributed by atoms with E-state index >= 15 is 0 Å². The molecule has 0 bridgehead atoms. The van der Waals surface area contributed by atoms with Gasteiger partial charge in [0.2, 0.25) is 0 Å².